The number of likely N-dealkylation sites (N-methyl/N-ethyl adjacent to an activating group) is 1. The van der Waals surface area contributed by atoms with Crippen molar-refractivity contribution in [1.82, 2.24) is 4.90 Å². The molecule has 0 spiro atoms. The normalized spacial score (nSPS) is 26.8. The summed E-state index contributed by atoms with van der Waals surface area (Å²) < 4.78 is 13.4. The van der Waals surface area contributed by atoms with E-state index in [4.69, 9.17) is 0 Å². The Hall–Kier alpha value is -1.22. The molecular weight excluding hydrogens is 253 g/mol. The average Bonchev–Trinajstić information content (AvgIpc) is 2.40. The first kappa shape index (κ1) is 15.2. The van der Waals surface area contributed by atoms with Crippen LogP contribution in [0.2, 0.25) is 0 Å². The second kappa shape index (κ2) is 5.65. The number of nitrogens with zero attached hydrogens (tertiary/aromatic N) is 1. The van der Waals surface area contributed by atoms with E-state index in [0.717, 1.165) is 19.3 Å². The van der Waals surface area contributed by atoms with Crippen LogP contribution in [0, 0.1) is 18.7 Å². The molecule has 2 nitrogen and oxygen atoms in total. The van der Waals surface area contributed by atoms with Crippen molar-refractivity contribution in [1.29, 1.82) is 0 Å². The molecule has 1 fully saturated rings. The molecule has 0 heterocycles. The number of carbonyl (C=O) groups excluding carboxylic acids is 1. The molecule has 0 aromatic heterocycles. The lowest BCUT2D eigenvalue weighted by molar-refractivity contribution is 0.0486. The zero-order valence-electron chi connectivity index (χ0n) is 12.9. The van der Waals surface area contributed by atoms with Crippen LogP contribution in [-0.2, 0) is 0 Å². The Morgan fingerprint density at radius 1 is 1.40 bits per heavy atom. The zero-order chi connectivity index (χ0) is 14.9. The first-order chi connectivity index (χ1) is 9.36. The second-order valence-corrected chi connectivity index (χ2v) is 6.42. The lowest BCUT2D eigenvalue weighted by Gasteiger charge is -2.43. The van der Waals surface area contributed by atoms with Crippen LogP contribution in [0.3, 0.4) is 0 Å². The predicted molar refractivity (Wildman–Crippen MR) is 79.5 cm³/mol. The maximum Gasteiger partial charge on any atom is 0.183 e. The highest BCUT2D eigenvalue weighted by Crippen LogP contribution is 2.38. The minimum absolute atomic E-state index is 0.136. The van der Waals surface area contributed by atoms with Crippen molar-refractivity contribution in [3.8, 4) is 0 Å². The summed E-state index contributed by atoms with van der Waals surface area (Å²) in [7, 11) is 3.96. The summed E-state index contributed by atoms with van der Waals surface area (Å²) in [6.07, 6.45) is 4.03. The Labute approximate surface area is 121 Å². The molecular formula is C17H24FNO. The number of ketones is 1. The molecule has 1 aromatic carbocycles. The molecule has 20 heavy (non-hydrogen) atoms. The Balaban J connectivity index is 2.38. The molecule has 2 atom stereocenters. The van der Waals surface area contributed by atoms with Crippen LogP contribution in [0.4, 0.5) is 4.39 Å². The highest BCUT2D eigenvalue weighted by Gasteiger charge is 2.43. The molecule has 0 saturated heterocycles. The van der Waals surface area contributed by atoms with Gasteiger partial charge >= 0.3 is 0 Å². The third-order valence-electron chi connectivity index (χ3n) is 4.67. The molecule has 0 radical (unpaired) electrons. The van der Waals surface area contributed by atoms with E-state index in [-0.39, 0.29) is 11.6 Å². The van der Waals surface area contributed by atoms with Gasteiger partial charge in [-0.2, -0.15) is 0 Å². The van der Waals surface area contributed by atoms with Gasteiger partial charge in [0.15, 0.2) is 5.78 Å². The van der Waals surface area contributed by atoms with Crippen LogP contribution in [-0.4, -0.2) is 30.3 Å². The predicted octanol–water partition coefficient (Wildman–Crippen LogP) is 3.83. The lowest BCUT2D eigenvalue weighted by atomic mass is 9.71. The minimum Gasteiger partial charge on any atom is -0.297 e. The van der Waals surface area contributed by atoms with Gasteiger partial charge in [0.1, 0.15) is 5.82 Å². The molecule has 0 N–H and O–H groups in total. The van der Waals surface area contributed by atoms with Crippen molar-refractivity contribution in [2.45, 2.75) is 45.1 Å². The van der Waals surface area contributed by atoms with Crippen molar-refractivity contribution in [2.24, 2.45) is 5.92 Å². The number of hydrogen-bond donors (Lipinski definition) is 0. The van der Waals surface area contributed by atoms with E-state index in [9.17, 15) is 9.18 Å². The lowest BCUT2D eigenvalue weighted by Crippen LogP contribution is -2.53. The molecule has 1 aliphatic carbocycles. The van der Waals surface area contributed by atoms with E-state index in [1.807, 2.05) is 14.1 Å². The van der Waals surface area contributed by atoms with Crippen LogP contribution >= 0.6 is 0 Å². The van der Waals surface area contributed by atoms with E-state index >= 15 is 0 Å². The third kappa shape index (κ3) is 2.64. The summed E-state index contributed by atoms with van der Waals surface area (Å²) in [6.45, 7) is 3.92. The summed E-state index contributed by atoms with van der Waals surface area (Å²) in [6, 6.07) is 4.70. The maximum absolute atomic E-state index is 13.4. The standard InChI is InChI=1S/C17H24FNO/c1-12-6-5-9-17(11-12,19(3)4)16(20)14-7-8-15(18)13(2)10-14/h7-8,10,12H,5-6,9,11H2,1-4H3. The fourth-order valence-electron chi connectivity index (χ4n) is 3.39. The molecule has 1 saturated carbocycles. The first-order valence-electron chi connectivity index (χ1n) is 7.35. The largest absolute Gasteiger partial charge is 0.297 e. The van der Waals surface area contributed by atoms with Gasteiger partial charge in [0.05, 0.1) is 5.54 Å². The molecule has 0 aliphatic heterocycles. The number of carbonyl (C=O) groups is 1. The van der Waals surface area contributed by atoms with Crippen LogP contribution in [0.5, 0.6) is 0 Å². The summed E-state index contributed by atoms with van der Waals surface area (Å²) in [5, 5.41) is 0. The van der Waals surface area contributed by atoms with Crippen molar-refractivity contribution in [3.05, 3.63) is 35.1 Å². The molecule has 1 aliphatic rings. The third-order valence-corrected chi connectivity index (χ3v) is 4.67. The topological polar surface area (TPSA) is 20.3 Å². The minimum atomic E-state index is -0.429. The van der Waals surface area contributed by atoms with Crippen LogP contribution < -0.4 is 0 Å². The van der Waals surface area contributed by atoms with Gasteiger partial charge < -0.3 is 0 Å². The zero-order valence-corrected chi connectivity index (χ0v) is 12.9. The van der Waals surface area contributed by atoms with Crippen LogP contribution in [0.25, 0.3) is 0 Å². The van der Waals surface area contributed by atoms with Crippen LogP contribution in [0.15, 0.2) is 18.2 Å². The summed E-state index contributed by atoms with van der Waals surface area (Å²) in [4.78, 5) is 15.1. The van der Waals surface area contributed by atoms with Gasteiger partial charge in [0, 0.05) is 5.56 Å². The summed E-state index contributed by atoms with van der Waals surface area (Å²) in [5.74, 6) is 0.436. The van der Waals surface area contributed by atoms with Crippen molar-refractivity contribution in [3.63, 3.8) is 0 Å². The molecule has 3 heteroatoms. The number of Topliss-reactive ketones (excluding diaryl/α,β-unsaturated/α-hetero) is 1. The first-order valence-corrected chi connectivity index (χ1v) is 7.35. The van der Waals surface area contributed by atoms with Gasteiger partial charge in [-0.05, 0) is 63.5 Å². The van der Waals surface area contributed by atoms with Gasteiger partial charge in [-0.15, -0.1) is 0 Å². The van der Waals surface area contributed by atoms with Gasteiger partial charge in [-0.25, -0.2) is 4.39 Å². The Bertz CT molecular complexity index is 512. The van der Waals surface area contributed by atoms with Gasteiger partial charge in [-0.3, -0.25) is 9.69 Å². The van der Waals surface area contributed by atoms with Crippen molar-refractivity contribution in [2.75, 3.05) is 14.1 Å². The molecule has 0 bridgehead atoms. The van der Waals surface area contributed by atoms with Gasteiger partial charge in [-0.1, -0.05) is 19.8 Å². The maximum atomic E-state index is 13.4. The number of hydrogen-bond acceptors (Lipinski definition) is 2. The molecule has 2 unspecified atom stereocenters. The highest BCUT2D eigenvalue weighted by molar-refractivity contribution is 6.03. The fraction of sp³-hybridized carbons (Fsp3) is 0.588. The summed E-state index contributed by atoms with van der Waals surface area (Å²) in [5.41, 5.74) is 0.738. The van der Waals surface area contributed by atoms with E-state index in [2.05, 4.69) is 11.8 Å². The Kier molecular flexibility index (Phi) is 4.28. The summed E-state index contributed by atoms with van der Waals surface area (Å²) >= 11 is 0. The van der Waals surface area contributed by atoms with Gasteiger partial charge in [0.2, 0.25) is 0 Å². The molecule has 110 valence electrons. The molecule has 2 rings (SSSR count). The van der Waals surface area contributed by atoms with E-state index in [1.165, 1.54) is 12.5 Å². The number of rotatable bonds is 3. The highest BCUT2D eigenvalue weighted by atomic mass is 19.1. The molecule has 1 aromatic rings. The average molecular weight is 277 g/mol. The van der Waals surface area contributed by atoms with Gasteiger partial charge in [0.25, 0.3) is 0 Å². The van der Waals surface area contributed by atoms with E-state index in [1.54, 1.807) is 19.1 Å². The SMILES string of the molecule is Cc1cc(C(=O)C2(N(C)C)CCCC(C)C2)ccc1F. The smallest absolute Gasteiger partial charge is 0.183 e. The Morgan fingerprint density at radius 3 is 2.65 bits per heavy atom. The monoisotopic (exact) mass is 277 g/mol. The quantitative estimate of drug-likeness (QED) is 0.783. The fourth-order valence-corrected chi connectivity index (χ4v) is 3.39. The number of halogens is 1. The van der Waals surface area contributed by atoms with Crippen molar-refractivity contribution >= 4 is 5.78 Å². The second-order valence-electron chi connectivity index (χ2n) is 6.42. The van der Waals surface area contributed by atoms with Crippen molar-refractivity contribution < 1.29 is 9.18 Å². The van der Waals surface area contributed by atoms with E-state index < -0.39 is 5.54 Å². The number of benzene rings is 1. The van der Waals surface area contributed by atoms with Crippen LogP contribution in [0.1, 0.15) is 48.5 Å². The molecule has 0 amide bonds. The Morgan fingerprint density at radius 2 is 2.10 bits per heavy atom. The number of aryl methyl sites for hydroxylation is 1. The van der Waals surface area contributed by atoms with E-state index in [0.29, 0.717) is 17.0 Å².